The number of thiol groups is 1. The molecule has 0 aromatic carbocycles. The van der Waals surface area contributed by atoms with Gasteiger partial charge in [-0.2, -0.15) is 0 Å². The zero-order valence-electron chi connectivity index (χ0n) is 8.74. The van der Waals surface area contributed by atoms with Crippen LogP contribution < -0.4 is 0 Å². The SMILES string of the molecule is O=S(=O)(C1CC(O[SH-]#P)C1)C1(CO)CC1.[Tl]. The molecule has 0 aromatic heterocycles. The van der Waals surface area contributed by atoms with Crippen LogP contribution in [-0.2, 0) is 25.0 Å². The Kier molecular flexibility index (Phi) is 5.56. The molecule has 0 saturated heterocycles. The third kappa shape index (κ3) is 2.61. The summed E-state index contributed by atoms with van der Waals surface area (Å²) in [4.78, 5) is 0. The van der Waals surface area contributed by atoms with Gasteiger partial charge in [-0.15, -0.1) is 0 Å². The van der Waals surface area contributed by atoms with Crippen molar-refractivity contribution in [3.8, 4) is 0 Å². The number of hydrogen-bond acceptors (Lipinski definition) is 5. The summed E-state index contributed by atoms with van der Waals surface area (Å²) in [5.41, 5.74) is 0. The fourth-order valence-electron chi connectivity index (χ4n) is 1.95. The molecular formula is C8H14O4PS2Tl-. The van der Waals surface area contributed by atoms with Gasteiger partial charge >= 0.3 is 94.8 Å². The molecule has 0 bridgehead atoms. The van der Waals surface area contributed by atoms with E-state index >= 15 is 0 Å². The molecule has 2 fully saturated rings. The Morgan fingerprint density at radius 2 is 2.00 bits per heavy atom. The van der Waals surface area contributed by atoms with Crippen LogP contribution in [-0.4, -0.2) is 63.5 Å². The van der Waals surface area contributed by atoms with Gasteiger partial charge in [0, 0.05) is 27.3 Å². The van der Waals surface area contributed by atoms with Crippen LogP contribution in [0.4, 0.5) is 0 Å². The van der Waals surface area contributed by atoms with E-state index in [4.69, 9.17) is 9.29 Å². The second-order valence-corrected chi connectivity index (χ2v) is 7.78. The summed E-state index contributed by atoms with van der Waals surface area (Å²) in [5.74, 6) is 0. The average Bonchev–Trinajstić information content (AvgIpc) is 2.90. The fourth-order valence-corrected chi connectivity index (χ4v) is 5.15. The molecule has 1 radical (unpaired) electrons. The van der Waals surface area contributed by atoms with E-state index in [-0.39, 0.29) is 45.3 Å². The van der Waals surface area contributed by atoms with E-state index in [1.807, 2.05) is 0 Å². The van der Waals surface area contributed by atoms with Gasteiger partial charge < -0.3 is 0 Å². The molecule has 1 N–H and O–H groups in total. The first-order chi connectivity index (χ1) is 7.05. The molecule has 0 heterocycles. The standard InChI is InChI=1S/C8H14O4PS2.Tl/c9-5-8(1-2-8)15(10,11)7-3-6(4-7)12-14-13;/h6-7,9,14H,1-5H2;/q-1;. The molecule has 91 valence electrons. The maximum Gasteiger partial charge on any atom is 0 e. The Balaban J connectivity index is 0.00000128. The Morgan fingerprint density at radius 1 is 1.44 bits per heavy atom. The quantitative estimate of drug-likeness (QED) is 0.273. The first-order valence-corrected chi connectivity index (χ1v) is 8.41. The van der Waals surface area contributed by atoms with Crippen molar-refractivity contribution < 1.29 is 17.7 Å². The molecule has 2 aliphatic rings. The average molecular weight is 474 g/mol. The third-order valence-corrected chi connectivity index (χ3v) is 7.07. The van der Waals surface area contributed by atoms with Gasteiger partial charge in [-0.25, -0.2) is 0 Å². The summed E-state index contributed by atoms with van der Waals surface area (Å²) < 4.78 is 28.5. The van der Waals surface area contributed by atoms with Crippen molar-refractivity contribution in [2.75, 3.05) is 6.61 Å². The topological polar surface area (TPSA) is 63.6 Å². The number of aliphatic hydroxyl groups excluding tert-OH is 1. The molecule has 0 spiro atoms. The van der Waals surface area contributed by atoms with Gasteiger partial charge in [0.05, 0.1) is 0 Å². The fraction of sp³-hybridized carbons (Fsp3) is 1.00. The van der Waals surface area contributed by atoms with Gasteiger partial charge in [0.15, 0.2) is 0 Å². The molecule has 4 nitrogen and oxygen atoms in total. The van der Waals surface area contributed by atoms with Gasteiger partial charge in [0.1, 0.15) is 0 Å². The van der Waals surface area contributed by atoms with Crippen molar-refractivity contribution in [1.82, 2.24) is 0 Å². The van der Waals surface area contributed by atoms with Gasteiger partial charge in [0.25, 0.3) is 0 Å². The van der Waals surface area contributed by atoms with E-state index in [1.54, 1.807) is 0 Å². The molecule has 0 atom stereocenters. The van der Waals surface area contributed by atoms with Crippen LogP contribution in [0.3, 0.4) is 0 Å². The summed E-state index contributed by atoms with van der Waals surface area (Å²) in [6.07, 6.45) is 2.35. The van der Waals surface area contributed by atoms with E-state index in [0.717, 1.165) is 0 Å². The van der Waals surface area contributed by atoms with Crippen molar-refractivity contribution in [2.45, 2.75) is 41.8 Å². The first kappa shape index (κ1) is 15.6. The van der Waals surface area contributed by atoms with E-state index < -0.39 is 14.6 Å². The minimum Gasteiger partial charge on any atom is 0 e. The summed E-state index contributed by atoms with van der Waals surface area (Å²) in [7, 11) is 0.748. The predicted molar refractivity (Wildman–Crippen MR) is 67.3 cm³/mol. The van der Waals surface area contributed by atoms with Crippen LogP contribution in [0.1, 0.15) is 25.7 Å². The minimum atomic E-state index is -3.15. The molecule has 8 heteroatoms. The molecule has 2 saturated carbocycles. The van der Waals surface area contributed by atoms with E-state index in [2.05, 4.69) is 7.81 Å². The van der Waals surface area contributed by atoms with Gasteiger partial charge in [-0.3, -0.25) is 0 Å². The van der Waals surface area contributed by atoms with Crippen LogP contribution in [0.5, 0.6) is 0 Å². The molecule has 2 rings (SSSR count). The summed E-state index contributed by atoms with van der Waals surface area (Å²) in [6.45, 7) is -0.234. The Hall–Kier alpha value is 1.57. The van der Waals surface area contributed by atoms with Crippen LogP contribution in [0.15, 0.2) is 0 Å². The molecule has 16 heavy (non-hydrogen) atoms. The Labute approximate surface area is 121 Å². The summed E-state index contributed by atoms with van der Waals surface area (Å²) in [5, 5.41) is 8.79. The van der Waals surface area contributed by atoms with Crippen molar-refractivity contribution in [3.05, 3.63) is 0 Å². The minimum absolute atomic E-state index is 0. The molecular weight excluding hydrogens is 460 g/mol. The van der Waals surface area contributed by atoms with Gasteiger partial charge in [0.2, 0.25) is 0 Å². The molecule has 0 amide bonds. The molecule has 0 unspecified atom stereocenters. The second-order valence-electron chi connectivity index (χ2n) is 4.29. The smallest absolute Gasteiger partial charge is 0 e. The molecule has 0 aliphatic heterocycles. The third-order valence-electron chi connectivity index (χ3n) is 3.39. The van der Waals surface area contributed by atoms with Crippen LogP contribution in [0.2, 0.25) is 0 Å². The van der Waals surface area contributed by atoms with Gasteiger partial charge in [-0.1, -0.05) is 0 Å². The Morgan fingerprint density at radius 3 is 2.38 bits per heavy atom. The van der Waals surface area contributed by atoms with Crippen molar-refractivity contribution >= 4 is 56.0 Å². The van der Waals surface area contributed by atoms with Crippen LogP contribution in [0, 0.1) is 0 Å². The number of rotatable bonds is 4. The van der Waals surface area contributed by atoms with E-state index in [0.29, 0.717) is 36.7 Å². The zero-order chi connectivity index (χ0) is 11.1. The van der Waals surface area contributed by atoms with Crippen molar-refractivity contribution in [3.63, 3.8) is 0 Å². The van der Waals surface area contributed by atoms with E-state index in [9.17, 15) is 8.42 Å². The zero-order valence-corrected chi connectivity index (χ0v) is 15.8. The maximum atomic E-state index is 12.0. The molecule has 2 aliphatic carbocycles. The van der Waals surface area contributed by atoms with Crippen LogP contribution in [0.25, 0.3) is 0 Å². The van der Waals surface area contributed by atoms with Crippen molar-refractivity contribution in [1.29, 1.82) is 0 Å². The first-order valence-electron chi connectivity index (χ1n) is 4.90. The number of hydrogen-bond donors (Lipinski definition) is 1. The normalized spacial score (nSPS) is 31.2. The second kappa shape index (κ2) is 5.69. The van der Waals surface area contributed by atoms with Gasteiger partial charge in [-0.05, 0) is 0 Å². The number of aliphatic hydroxyl groups is 1. The summed E-state index contributed by atoms with van der Waals surface area (Å²) in [6, 6.07) is 0. The van der Waals surface area contributed by atoms with Crippen LogP contribution >= 0.6 is 7.81 Å². The monoisotopic (exact) mass is 474 g/mol. The largest absolute Gasteiger partial charge is 0 e. The van der Waals surface area contributed by atoms with Crippen molar-refractivity contribution in [2.24, 2.45) is 0 Å². The number of sulfone groups is 1. The molecule has 0 aromatic rings. The predicted octanol–water partition coefficient (Wildman–Crippen LogP) is 0.148. The van der Waals surface area contributed by atoms with E-state index in [1.165, 1.54) is 0 Å². The maximum absolute atomic E-state index is 12.0. The summed E-state index contributed by atoms with van der Waals surface area (Å²) >= 11 is 0.550. The Bertz CT molecular complexity index is 395.